The van der Waals surface area contributed by atoms with Crippen LogP contribution in [0.25, 0.3) is 0 Å². The Kier molecular flexibility index (Phi) is 8.21. The van der Waals surface area contributed by atoms with Gasteiger partial charge in [0.05, 0.1) is 13.2 Å². The first-order chi connectivity index (χ1) is 15.6. The normalized spacial score (nSPS) is 11.9. The second kappa shape index (κ2) is 11.3. The molecule has 8 nitrogen and oxygen atoms in total. The molecule has 0 bridgehead atoms. The number of carbonyl (C=O) groups is 1. The first-order valence-corrected chi connectivity index (χ1v) is 10.7. The van der Waals surface area contributed by atoms with Gasteiger partial charge < -0.3 is 19.5 Å². The minimum atomic E-state index is -0.465. The third-order valence-electron chi connectivity index (χ3n) is 5.48. The van der Waals surface area contributed by atoms with Crippen LogP contribution in [-0.4, -0.2) is 41.7 Å². The van der Waals surface area contributed by atoms with E-state index in [0.717, 1.165) is 24.2 Å². The van der Waals surface area contributed by atoms with E-state index in [-0.39, 0.29) is 12.8 Å². The minimum absolute atomic E-state index is 0.0296. The first kappa shape index (κ1) is 23.3. The van der Waals surface area contributed by atoms with Gasteiger partial charge in [-0.15, -0.1) is 0 Å². The van der Waals surface area contributed by atoms with Gasteiger partial charge in [-0.25, -0.2) is 14.5 Å². The molecule has 1 atom stereocenters. The molecule has 170 valence electrons. The van der Waals surface area contributed by atoms with Crippen molar-refractivity contribution < 1.29 is 19.0 Å². The quantitative estimate of drug-likeness (QED) is 0.339. The maximum absolute atomic E-state index is 12.0. The van der Waals surface area contributed by atoms with Crippen molar-refractivity contribution in [3.05, 3.63) is 66.2 Å². The number of methoxy groups -OCH3 is 2. The number of nitrogens with zero attached hydrogens (tertiary/aromatic N) is 3. The van der Waals surface area contributed by atoms with E-state index in [4.69, 9.17) is 14.2 Å². The van der Waals surface area contributed by atoms with Crippen molar-refractivity contribution >= 4 is 17.3 Å². The fourth-order valence-electron chi connectivity index (χ4n) is 3.79. The second-order valence-electron chi connectivity index (χ2n) is 7.40. The summed E-state index contributed by atoms with van der Waals surface area (Å²) in [6.07, 6.45) is 5.46. The smallest absolute Gasteiger partial charge is 0.341 e. The number of aromatic nitrogens is 3. The standard InChI is InChI=1S/C24H30N4O4/c1-5-17(6-2)23(28-15-25-14-26-28)18-7-9-19(10-8-18)27-20-11-12-21(24(29)31-4)22(13-20)32-16-30-3/h7-15,17,23,27H,5-6,16H2,1-4H3. The van der Waals surface area contributed by atoms with Gasteiger partial charge in [-0.3, -0.25) is 0 Å². The van der Waals surface area contributed by atoms with Crippen LogP contribution < -0.4 is 10.1 Å². The number of hydrogen-bond acceptors (Lipinski definition) is 7. The molecule has 0 aliphatic heterocycles. The van der Waals surface area contributed by atoms with Gasteiger partial charge in [0.15, 0.2) is 6.79 Å². The summed E-state index contributed by atoms with van der Waals surface area (Å²) in [7, 11) is 2.86. The molecule has 0 aliphatic rings. The van der Waals surface area contributed by atoms with Crippen LogP contribution in [-0.2, 0) is 9.47 Å². The molecule has 1 N–H and O–H groups in total. The monoisotopic (exact) mass is 438 g/mol. The van der Waals surface area contributed by atoms with Crippen LogP contribution in [0.4, 0.5) is 11.4 Å². The lowest BCUT2D eigenvalue weighted by molar-refractivity contribution is 0.0465. The van der Waals surface area contributed by atoms with E-state index < -0.39 is 5.97 Å². The van der Waals surface area contributed by atoms with Crippen LogP contribution in [0.5, 0.6) is 5.75 Å². The number of ether oxygens (including phenoxy) is 3. The Hall–Kier alpha value is -3.39. The van der Waals surface area contributed by atoms with Crippen LogP contribution >= 0.6 is 0 Å². The van der Waals surface area contributed by atoms with Gasteiger partial charge in [0.25, 0.3) is 0 Å². The SMILES string of the molecule is CCC(CC)C(c1ccc(Nc2ccc(C(=O)OC)c(OCOC)c2)cc1)n1cncn1. The molecule has 0 spiro atoms. The highest BCUT2D eigenvalue weighted by Crippen LogP contribution is 2.32. The van der Waals surface area contributed by atoms with Gasteiger partial charge >= 0.3 is 5.97 Å². The van der Waals surface area contributed by atoms with Crippen molar-refractivity contribution in [3.63, 3.8) is 0 Å². The largest absolute Gasteiger partial charge is 0.467 e. The van der Waals surface area contributed by atoms with Gasteiger partial charge in [0.1, 0.15) is 24.0 Å². The minimum Gasteiger partial charge on any atom is -0.467 e. The van der Waals surface area contributed by atoms with Crippen LogP contribution in [0.15, 0.2) is 55.1 Å². The van der Waals surface area contributed by atoms with Crippen molar-refractivity contribution in [2.24, 2.45) is 5.92 Å². The topological polar surface area (TPSA) is 87.5 Å². The maximum atomic E-state index is 12.0. The molecule has 3 aromatic rings. The zero-order valence-electron chi connectivity index (χ0n) is 18.9. The summed E-state index contributed by atoms with van der Waals surface area (Å²) in [6, 6.07) is 13.6. The van der Waals surface area contributed by atoms with Gasteiger partial charge in [0, 0.05) is 24.6 Å². The number of anilines is 2. The van der Waals surface area contributed by atoms with E-state index >= 15 is 0 Å². The first-order valence-electron chi connectivity index (χ1n) is 10.7. The van der Waals surface area contributed by atoms with E-state index in [0.29, 0.717) is 17.2 Å². The highest BCUT2D eigenvalue weighted by Gasteiger charge is 2.23. The summed E-state index contributed by atoms with van der Waals surface area (Å²) in [4.78, 5) is 16.1. The lowest BCUT2D eigenvalue weighted by Gasteiger charge is -2.26. The average Bonchev–Trinajstić information content (AvgIpc) is 3.36. The highest BCUT2D eigenvalue weighted by molar-refractivity contribution is 5.93. The molecule has 1 aromatic heterocycles. The molecule has 2 aromatic carbocycles. The van der Waals surface area contributed by atoms with E-state index in [1.165, 1.54) is 19.8 Å². The number of rotatable bonds is 11. The maximum Gasteiger partial charge on any atom is 0.341 e. The zero-order valence-corrected chi connectivity index (χ0v) is 18.9. The van der Waals surface area contributed by atoms with Crippen molar-refractivity contribution in [2.75, 3.05) is 26.3 Å². The number of benzene rings is 2. The molecule has 1 heterocycles. The number of hydrogen-bond donors (Lipinski definition) is 1. The van der Waals surface area contributed by atoms with Crippen LogP contribution in [0, 0.1) is 5.92 Å². The highest BCUT2D eigenvalue weighted by atomic mass is 16.7. The van der Waals surface area contributed by atoms with Crippen LogP contribution in [0.1, 0.15) is 48.7 Å². The molecule has 0 fully saturated rings. The van der Waals surface area contributed by atoms with Gasteiger partial charge in [-0.1, -0.05) is 38.8 Å². The predicted octanol–water partition coefficient (Wildman–Crippen LogP) is 4.82. The Morgan fingerprint density at radius 2 is 1.78 bits per heavy atom. The van der Waals surface area contributed by atoms with Crippen molar-refractivity contribution in [1.29, 1.82) is 0 Å². The molecule has 8 heteroatoms. The second-order valence-corrected chi connectivity index (χ2v) is 7.40. The summed E-state index contributed by atoms with van der Waals surface area (Å²) in [5.74, 6) is 0.384. The number of nitrogens with one attached hydrogen (secondary N) is 1. The number of esters is 1. The van der Waals surface area contributed by atoms with Gasteiger partial charge in [-0.05, 0) is 35.7 Å². The molecule has 0 amide bonds. The molecule has 0 saturated heterocycles. The Balaban J connectivity index is 1.82. The van der Waals surface area contributed by atoms with E-state index in [1.807, 2.05) is 22.9 Å². The van der Waals surface area contributed by atoms with Crippen molar-refractivity contribution in [3.8, 4) is 5.75 Å². The van der Waals surface area contributed by atoms with Crippen LogP contribution in [0.3, 0.4) is 0 Å². The predicted molar refractivity (Wildman–Crippen MR) is 122 cm³/mol. The molecule has 1 unspecified atom stereocenters. The van der Waals surface area contributed by atoms with Gasteiger partial charge in [0.2, 0.25) is 0 Å². The summed E-state index contributed by atoms with van der Waals surface area (Å²) in [5.41, 5.74) is 3.22. The Bertz CT molecular complexity index is 986. The lowest BCUT2D eigenvalue weighted by atomic mass is 9.89. The summed E-state index contributed by atoms with van der Waals surface area (Å²) in [5, 5.41) is 7.75. The summed E-state index contributed by atoms with van der Waals surface area (Å²) in [6.45, 7) is 4.44. The fourth-order valence-corrected chi connectivity index (χ4v) is 3.79. The third-order valence-corrected chi connectivity index (χ3v) is 5.48. The molecule has 32 heavy (non-hydrogen) atoms. The van der Waals surface area contributed by atoms with Crippen molar-refractivity contribution in [2.45, 2.75) is 32.7 Å². The molecule has 3 rings (SSSR count). The Labute approximate surface area is 188 Å². The fraction of sp³-hybridized carbons (Fsp3) is 0.375. The van der Waals surface area contributed by atoms with E-state index in [9.17, 15) is 4.79 Å². The molecular formula is C24H30N4O4. The average molecular weight is 439 g/mol. The Morgan fingerprint density at radius 3 is 2.38 bits per heavy atom. The molecule has 0 aliphatic carbocycles. The van der Waals surface area contributed by atoms with E-state index in [1.54, 1.807) is 24.8 Å². The Morgan fingerprint density at radius 1 is 1.06 bits per heavy atom. The molecule has 0 radical (unpaired) electrons. The summed E-state index contributed by atoms with van der Waals surface area (Å²) < 4.78 is 17.3. The zero-order chi connectivity index (χ0) is 22.9. The third kappa shape index (κ3) is 5.45. The van der Waals surface area contributed by atoms with Crippen molar-refractivity contribution in [1.82, 2.24) is 14.8 Å². The van der Waals surface area contributed by atoms with Gasteiger partial charge in [-0.2, -0.15) is 5.10 Å². The summed E-state index contributed by atoms with van der Waals surface area (Å²) >= 11 is 0. The van der Waals surface area contributed by atoms with E-state index in [2.05, 4.69) is 41.4 Å². The molecular weight excluding hydrogens is 408 g/mol. The molecule has 0 saturated carbocycles. The lowest BCUT2D eigenvalue weighted by Crippen LogP contribution is -2.20. The number of carbonyl (C=O) groups excluding carboxylic acids is 1. The van der Waals surface area contributed by atoms with Crippen LogP contribution in [0.2, 0.25) is 0 Å².